The van der Waals surface area contributed by atoms with Crippen molar-refractivity contribution in [3.05, 3.63) is 59.2 Å². The van der Waals surface area contributed by atoms with Crippen LogP contribution in [0.15, 0.2) is 47.4 Å². The van der Waals surface area contributed by atoms with Gasteiger partial charge in [-0.15, -0.1) is 12.4 Å². The van der Waals surface area contributed by atoms with Gasteiger partial charge >= 0.3 is 0 Å². The molecule has 2 rings (SSSR count). The molecule has 0 saturated heterocycles. The van der Waals surface area contributed by atoms with Gasteiger partial charge in [0, 0.05) is 12.2 Å². The topological polar surface area (TPSA) is 72.2 Å². The first-order valence-corrected chi connectivity index (χ1v) is 8.28. The van der Waals surface area contributed by atoms with Crippen LogP contribution in [0.4, 0.5) is 5.69 Å². The second kappa shape index (κ2) is 7.63. The van der Waals surface area contributed by atoms with Gasteiger partial charge in [0.2, 0.25) is 10.0 Å². The van der Waals surface area contributed by atoms with Gasteiger partial charge in [0.15, 0.2) is 0 Å². The Balaban J connectivity index is 0.00000242. The summed E-state index contributed by atoms with van der Waals surface area (Å²) in [6.45, 7) is 4.04. The third-order valence-corrected chi connectivity index (χ3v) is 4.92. The number of rotatable bonds is 5. The number of nitrogens with one attached hydrogen (secondary N) is 1. The maximum atomic E-state index is 12.3. The largest absolute Gasteiger partial charge is 0.399 e. The van der Waals surface area contributed by atoms with Gasteiger partial charge in [0.25, 0.3) is 0 Å². The van der Waals surface area contributed by atoms with Crippen molar-refractivity contribution in [2.24, 2.45) is 0 Å². The zero-order valence-corrected chi connectivity index (χ0v) is 14.3. The minimum Gasteiger partial charge on any atom is -0.399 e. The van der Waals surface area contributed by atoms with Crippen LogP contribution in [0.2, 0.25) is 0 Å². The SMILES string of the molecule is Cc1ccc(C)c(S(=O)(=O)NCCc2ccc(N)cc2)c1.Cl. The van der Waals surface area contributed by atoms with Gasteiger partial charge in [0.1, 0.15) is 0 Å². The molecule has 0 saturated carbocycles. The van der Waals surface area contributed by atoms with Crippen molar-refractivity contribution >= 4 is 28.1 Å². The van der Waals surface area contributed by atoms with E-state index in [2.05, 4.69) is 4.72 Å². The number of hydrogen-bond acceptors (Lipinski definition) is 3. The average molecular weight is 341 g/mol. The minimum absolute atomic E-state index is 0. The Morgan fingerprint density at radius 1 is 1.05 bits per heavy atom. The molecule has 0 aromatic heterocycles. The Morgan fingerprint density at radius 2 is 1.68 bits per heavy atom. The molecule has 3 N–H and O–H groups in total. The van der Waals surface area contributed by atoms with Gasteiger partial charge < -0.3 is 5.73 Å². The number of nitrogen functional groups attached to an aromatic ring is 1. The lowest BCUT2D eigenvalue weighted by Gasteiger charge is -2.10. The Kier molecular flexibility index (Phi) is 6.41. The van der Waals surface area contributed by atoms with Crippen molar-refractivity contribution in [3.8, 4) is 0 Å². The smallest absolute Gasteiger partial charge is 0.240 e. The van der Waals surface area contributed by atoms with E-state index in [9.17, 15) is 8.42 Å². The lowest BCUT2D eigenvalue weighted by atomic mass is 10.1. The summed E-state index contributed by atoms with van der Waals surface area (Å²) < 4.78 is 27.3. The van der Waals surface area contributed by atoms with E-state index in [0.717, 1.165) is 16.7 Å². The summed E-state index contributed by atoms with van der Waals surface area (Å²) in [6, 6.07) is 12.9. The molecule has 0 atom stereocenters. The number of anilines is 1. The summed E-state index contributed by atoms with van der Waals surface area (Å²) in [5.41, 5.74) is 9.05. The normalized spacial score (nSPS) is 11.0. The van der Waals surface area contributed by atoms with E-state index in [0.29, 0.717) is 23.5 Å². The summed E-state index contributed by atoms with van der Waals surface area (Å²) in [5, 5.41) is 0. The monoisotopic (exact) mass is 340 g/mol. The number of hydrogen-bond donors (Lipinski definition) is 2. The molecule has 0 heterocycles. The summed E-state index contributed by atoms with van der Waals surface area (Å²) in [6.07, 6.45) is 0.629. The van der Waals surface area contributed by atoms with Gasteiger partial charge in [-0.2, -0.15) is 0 Å². The third kappa shape index (κ3) is 4.73. The van der Waals surface area contributed by atoms with Crippen molar-refractivity contribution < 1.29 is 8.42 Å². The zero-order valence-electron chi connectivity index (χ0n) is 12.7. The molecule has 0 radical (unpaired) electrons. The minimum atomic E-state index is -3.47. The van der Waals surface area contributed by atoms with Crippen LogP contribution in [-0.4, -0.2) is 15.0 Å². The van der Waals surface area contributed by atoms with E-state index in [1.165, 1.54) is 0 Å². The Bertz CT molecular complexity index is 728. The second-order valence-corrected chi connectivity index (χ2v) is 6.89. The molecule has 2 aromatic rings. The van der Waals surface area contributed by atoms with Crippen LogP contribution >= 0.6 is 12.4 Å². The highest BCUT2D eigenvalue weighted by Gasteiger charge is 2.16. The van der Waals surface area contributed by atoms with Crippen molar-refractivity contribution in [2.45, 2.75) is 25.2 Å². The zero-order chi connectivity index (χ0) is 15.5. The maximum absolute atomic E-state index is 12.3. The molecule has 4 nitrogen and oxygen atoms in total. The first-order valence-electron chi connectivity index (χ1n) is 6.80. The van der Waals surface area contributed by atoms with Gasteiger partial charge in [-0.25, -0.2) is 13.1 Å². The van der Waals surface area contributed by atoms with Crippen molar-refractivity contribution in [2.75, 3.05) is 12.3 Å². The van der Waals surface area contributed by atoms with E-state index in [1.807, 2.05) is 43.3 Å². The van der Waals surface area contributed by atoms with Crippen LogP contribution in [0.1, 0.15) is 16.7 Å². The summed E-state index contributed by atoms with van der Waals surface area (Å²) in [4.78, 5) is 0.347. The summed E-state index contributed by atoms with van der Waals surface area (Å²) in [7, 11) is -3.47. The van der Waals surface area contributed by atoms with E-state index >= 15 is 0 Å². The van der Waals surface area contributed by atoms with Crippen LogP contribution in [0.25, 0.3) is 0 Å². The number of benzene rings is 2. The quantitative estimate of drug-likeness (QED) is 0.822. The fourth-order valence-electron chi connectivity index (χ4n) is 2.09. The maximum Gasteiger partial charge on any atom is 0.240 e. The fraction of sp³-hybridized carbons (Fsp3) is 0.250. The van der Waals surface area contributed by atoms with Crippen LogP contribution in [0.5, 0.6) is 0 Å². The predicted octanol–water partition coefficient (Wildman–Crippen LogP) is 2.83. The molecule has 22 heavy (non-hydrogen) atoms. The second-order valence-electron chi connectivity index (χ2n) is 5.16. The molecule has 0 fully saturated rings. The molecule has 120 valence electrons. The van der Waals surface area contributed by atoms with Crippen LogP contribution in [-0.2, 0) is 16.4 Å². The molecule has 0 unspecified atom stereocenters. The Hall–Kier alpha value is -1.56. The highest BCUT2D eigenvalue weighted by molar-refractivity contribution is 7.89. The molecule has 6 heteroatoms. The lowest BCUT2D eigenvalue weighted by Crippen LogP contribution is -2.26. The molecule has 0 amide bonds. The first kappa shape index (κ1) is 18.5. The molecule has 0 spiro atoms. The standard InChI is InChI=1S/C16H20N2O2S.ClH/c1-12-3-4-13(2)16(11-12)21(19,20)18-10-9-14-5-7-15(17)8-6-14;/h3-8,11,18H,9-10,17H2,1-2H3;1H. The summed E-state index contributed by atoms with van der Waals surface area (Å²) >= 11 is 0. The Morgan fingerprint density at radius 3 is 2.32 bits per heavy atom. The predicted molar refractivity (Wildman–Crippen MR) is 92.9 cm³/mol. The van der Waals surface area contributed by atoms with Crippen molar-refractivity contribution in [1.82, 2.24) is 4.72 Å². The van der Waals surface area contributed by atoms with Crippen molar-refractivity contribution in [3.63, 3.8) is 0 Å². The molecule has 0 aliphatic heterocycles. The van der Waals surface area contributed by atoms with E-state index in [1.54, 1.807) is 13.0 Å². The first-order chi connectivity index (χ1) is 9.88. The molecular formula is C16H21ClN2O2S. The van der Waals surface area contributed by atoms with Crippen LogP contribution < -0.4 is 10.5 Å². The number of sulfonamides is 1. The number of nitrogens with two attached hydrogens (primary N) is 1. The third-order valence-electron chi connectivity index (χ3n) is 3.32. The van der Waals surface area contributed by atoms with Crippen molar-refractivity contribution in [1.29, 1.82) is 0 Å². The van der Waals surface area contributed by atoms with Gasteiger partial charge in [-0.3, -0.25) is 0 Å². The number of halogens is 1. The molecule has 0 aliphatic carbocycles. The highest BCUT2D eigenvalue weighted by atomic mass is 35.5. The molecular weight excluding hydrogens is 320 g/mol. The lowest BCUT2D eigenvalue weighted by molar-refractivity contribution is 0.581. The van der Waals surface area contributed by atoms with E-state index < -0.39 is 10.0 Å². The van der Waals surface area contributed by atoms with Gasteiger partial charge in [0.05, 0.1) is 4.90 Å². The van der Waals surface area contributed by atoms with E-state index in [4.69, 9.17) is 5.73 Å². The molecule has 0 aliphatic rings. The highest BCUT2D eigenvalue weighted by Crippen LogP contribution is 2.16. The van der Waals surface area contributed by atoms with Crippen LogP contribution in [0.3, 0.4) is 0 Å². The summed E-state index contributed by atoms with van der Waals surface area (Å²) in [5.74, 6) is 0. The fourth-order valence-corrected chi connectivity index (χ4v) is 3.45. The van der Waals surface area contributed by atoms with Crippen LogP contribution in [0, 0.1) is 13.8 Å². The van der Waals surface area contributed by atoms with E-state index in [-0.39, 0.29) is 12.4 Å². The molecule has 0 bridgehead atoms. The van der Waals surface area contributed by atoms with Gasteiger partial charge in [-0.1, -0.05) is 24.3 Å². The molecule has 2 aromatic carbocycles. The van der Waals surface area contributed by atoms with Gasteiger partial charge in [-0.05, 0) is 55.2 Å². The average Bonchev–Trinajstić information content (AvgIpc) is 2.43. The Labute approximate surface area is 138 Å². The number of aryl methyl sites for hydroxylation is 2.